The molecule has 1 aromatic carbocycles. The van der Waals surface area contributed by atoms with E-state index in [2.05, 4.69) is 18.2 Å². The van der Waals surface area contributed by atoms with Crippen molar-refractivity contribution in [3.8, 4) is 0 Å². The molecule has 0 aromatic heterocycles. The summed E-state index contributed by atoms with van der Waals surface area (Å²) in [6, 6.07) is 9.75. The maximum Gasteiger partial charge on any atom is 0.338 e. The molecule has 1 aromatic rings. The molecule has 0 bridgehead atoms. The molecule has 1 saturated carbocycles. The summed E-state index contributed by atoms with van der Waals surface area (Å²) in [4.78, 5) is 40.8. The highest BCUT2D eigenvalue weighted by atomic mass is 16.2. The largest absolute Gasteiger partial charge is 0.338 e. The lowest BCUT2D eigenvalue weighted by Gasteiger charge is -2.27. The van der Waals surface area contributed by atoms with Crippen molar-refractivity contribution in [3.05, 3.63) is 42.0 Å². The third kappa shape index (κ3) is 3.05. The number of urea groups is 1. The Balaban J connectivity index is 1.41. The molecular weight excluding hydrogens is 330 g/mol. The average molecular weight is 354 g/mol. The topological polar surface area (TPSA) is 62.1 Å². The Morgan fingerprint density at radius 3 is 2.38 bits per heavy atom. The lowest BCUT2D eigenvalue weighted by molar-refractivity contribution is -0.902. The second-order valence-corrected chi connectivity index (χ2v) is 7.34. The maximum absolute atomic E-state index is 12.7. The fourth-order valence-corrected chi connectivity index (χ4v) is 4.21. The highest BCUT2D eigenvalue weighted by Gasteiger charge is 2.49. The number of imide groups is 2. The van der Waals surface area contributed by atoms with Gasteiger partial charge in [0.05, 0.1) is 13.1 Å². The van der Waals surface area contributed by atoms with E-state index in [0.717, 1.165) is 55.0 Å². The summed E-state index contributed by atoms with van der Waals surface area (Å²) in [6.07, 6.45) is 6.74. The van der Waals surface area contributed by atoms with Gasteiger partial charge in [-0.25, -0.2) is 9.69 Å². The lowest BCUT2D eigenvalue weighted by Crippen LogP contribution is -3.14. The van der Waals surface area contributed by atoms with E-state index in [0.29, 0.717) is 0 Å². The van der Waals surface area contributed by atoms with Crippen molar-refractivity contribution in [1.82, 2.24) is 9.80 Å². The van der Waals surface area contributed by atoms with E-state index in [4.69, 9.17) is 0 Å². The highest BCUT2D eigenvalue weighted by Crippen LogP contribution is 2.27. The monoisotopic (exact) mass is 354 g/mol. The van der Waals surface area contributed by atoms with Crippen LogP contribution >= 0.6 is 0 Å². The predicted octanol–water partition coefficient (Wildman–Crippen LogP) is 1.05. The summed E-state index contributed by atoms with van der Waals surface area (Å²) >= 11 is 0. The Bertz CT molecular complexity index is 753. The standard InChI is InChI=1S/C20H23N3O3/c24-18-19(25)23(17-8-4-5-9-17)20(26)22(18)14-21-12-10-16(11-13-21)15-6-2-1-3-7-15/h1-3,6-7,10,17H,4-5,8-9,11-14H2/p+1. The van der Waals surface area contributed by atoms with Crippen LogP contribution in [0.2, 0.25) is 0 Å². The molecule has 2 heterocycles. The summed E-state index contributed by atoms with van der Waals surface area (Å²) in [7, 11) is 0. The first-order valence-electron chi connectivity index (χ1n) is 9.42. The minimum absolute atomic E-state index is 0.0927. The van der Waals surface area contributed by atoms with E-state index < -0.39 is 17.8 Å². The third-order valence-electron chi connectivity index (χ3n) is 5.69. The van der Waals surface area contributed by atoms with Crippen molar-refractivity contribution in [2.75, 3.05) is 19.8 Å². The van der Waals surface area contributed by atoms with Gasteiger partial charge in [0.2, 0.25) is 0 Å². The Hall–Kier alpha value is -2.47. The molecule has 1 unspecified atom stereocenters. The maximum atomic E-state index is 12.7. The van der Waals surface area contributed by atoms with Gasteiger partial charge < -0.3 is 4.90 Å². The van der Waals surface area contributed by atoms with Gasteiger partial charge in [0, 0.05) is 12.5 Å². The van der Waals surface area contributed by atoms with Crippen LogP contribution in [0.25, 0.3) is 5.57 Å². The summed E-state index contributed by atoms with van der Waals surface area (Å²) in [5.74, 6) is -1.30. The SMILES string of the molecule is O=C1C(=O)N(C2CCCC2)C(=O)N1C[NH+]1CC=C(c2ccccc2)CC1. The number of nitrogens with one attached hydrogen (secondary N) is 1. The smallest absolute Gasteiger partial charge is 0.314 e. The molecule has 3 aliphatic rings. The average Bonchev–Trinajstić information content (AvgIpc) is 3.27. The zero-order valence-corrected chi connectivity index (χ0v) is 14.8. The van der Waals surface area contributed by atoms with E-state index in [1.807, 2.05) is 18.2 Å². The van der Waals surface area contributed by atoms with Crippen molar-refractivity contribution in [3.63, 3.8) is 0 Å². The van der Waals surface area contributed by atoms with Gasteiger partial charge in [-0.2, -0.15) is 0 Å². The van der Waals surface area contributed by atoms with Crippen LogP contribution in [-0.4, -0.2) is 53.4 Å². The number of hydrogen-bond donors (Lipinski definition) is 1. The predicted molar refractivity (Wildman–Crippen MR) is 95.9 cm³/mol. The van der Waals surface area contributed by atoms with Gasteiger partial charge in [0.15, 0.2) is 6.67 Å². The molecule has 0 radical (unpaired) electrons. The van der Waals surface area contributed by atoms with E-state index >= 15 is 0 Å². The molecule has 136 valence electrons. The molecule has 1 atom stereocenters. The molecule has 1 N–H and O–H groups in total. The number of quaternary nitrogens is 1. The van der Waals surface area contributed by atoms with Crippen LogP contribution in [0.1, 0.15) is 37.7 Å². The van der Waals surface area contributed by atoms with Crippen LogP contribution in [0.15, 0.2) is 36.4 Å². The van der Waals surface area contributed by atoms with Gasteiger partial charge in [-0.15, -0.1) is 0 Å². The molecule has 1 saturated heterocycles. The summed E-state index contributed by atoms with van der Waals surface area (Å²) < 4.78 is 0. The van der Waals surface area contributed by atoms with E-state index in [1.54, 1.807) is 0 Å². The van der Waals surface area contributed by atoms with Crippen molar-refractivity contribution >= 4 is 23.4 Å². The van der Waals surface area contributed by atoms with Crippen molar-refractivity contribution in [2.24, 2.45) is 0 Å². The summed E-state index contributed by atoms with van der Waals surface area (Å²) in [5, 5.41) is 0. The first-order valence-corrected chi connectivity index (χ1v) is 9.42. The number of nitrogens with zero attached hydrogens (tertiary/aromatic N) is 2. The number of hydrogen-bond acceptors (Lipinski definition) is 3. The van der Waals surface area contributed by atoms with Crippen LogP contribution in [0.4, 0.5) is 4.79 Å². The van der Waals surface area contributed by atoms with Gasteiger partial charge in [-0.05, 0) is 30.1 Å². The molecule has 2 fully saturated rings. The fraction of sp³-hybridized carbons (Fsp3) is 0.450. The van der Waals surface area contributed by atoms with Crippen molar-refractivity contribution < 1.29 is 19.3 Å². The number of carbonyl (C=O) groups excluding carboxylic acids is 3. The quantitative estimate of drug-likeness (QED) is 0.649. The van der Waals surface area contributed by atoms with Crippen molar-refractivity contribution in [1.29, 1.82) is 0 Å². The van der Waals surface area contributed by atoms with Crippen LogP contribution in [0, 0.1) is 0 Å². The molecule has 26 heavy (non-hydrogen) atoms. The molecule has 1 aliphatic carbocycles. The van der Waals surface area contributed by atoms with Crippen molar-refractivity contribution in [2.45, 2.75) is 38.1 Å². The van der Waals surface area contributed by atoms with E-state index in [9.17, 15) is 14.4 Å². The molecule has 6 heteroatoms. The van der Waals surface area contributed by atoms with Gasteiger partial charge in [-0.1, -0.05) is 43.2 Å². The minimum Gasteiger partial charge on any atom is -0.314 e. The molecule has 4 amide bonds. The van der Waals surface area contributed by atoms with Gasteiger partial charge in [0.1, 0.15) is 0 Å². The Kier molecular flexibility index (Phi) is 4.59. The van der Waals surface area contributed by atoms with Crippen LogP contribution in [0.3, 0.4) is 0 Å². The summed E-state index contributed by atoms with van der Waals surface area (Å²) in [5.41, 5.74) is 2.53. The molecular formula is C20H24N3O3+. The molecule has 0 spiro atoms. The molecule has 4 rings (SSSR count). The molecule has 6 nitrogen and oxygen atoms in total. The number of amides is 4. The normalized spacial score (nSPS) is 24.5. The summed E-state index contributed by atoms with van der Waals surface area (Å²) in [6.45, 7) is 1.86. The first kappa shape index (κ1) is 17.0. The van der Waals surface area contributed by atoms with E-state index in [1.165, 1.54) is 16.0 Å². The lowest BCUT2D eigenvalue weighted by atomic mass is 10.00. The second-order valence-electron chi connectivity index (χ2n) is 7.34. The van der Waals surface area contributed by atoms with Crippen LogP contribution in [-0.2, 0) is 9.59 Å². The van der Waals surface area contributed by atoms with Crippen LogP contribution < -0.4 is 4.90 Å². The molecule has 2 aliphatic heterocycles. The Morgan fingerprint density at radius 2 is 1.73 bits per heavy atom. The van der Waals surface area contributed by atoms with Crippen LogP contribution in [0.5, 0.6) is 0 Å². The zero-order chi connectivity index (χ0) is 18.1. The first-order chi connectivity index (χ1) is 12.6. The highest BCUT2D eigenvalue weighted by molar-refractivity contribution is 6.44. The number of carbonyl (C=O) groups is 3. The fourth-order valence-electron chi connectivity index (χ4n) is 4.21. The number of benzene rings is 1. The second kappa shape index (κ2) is 7.03. The van der Waals surface area contributed by atoms with Gasteiger partial charge >= 0.3 is 17.8 Å². The Labute approximate surface area is 153 Å². The number of rotatable bonds is 4. The van der Waals surface area contributed by atoms with Gasteiger partial charge in [0.25, 0.3) is 0 Å². The minimum atomic E-state index is -0.660. The zero-order valence-electron chi connectivity index (χ0n) is 14.8. The van der Waals surface area contributed by atoms with Gasteiger partial charge in [-0.3, -0.25) is 14.5 Å². The Morgan fingerprint density at radius 1 is 1.00 bits per heavy atom. The van der Waals surface area contributed by atoms with E-state index in [-0.39, 0.29) is 12.7 Å². The third-order valence-corrected chi connectivity index (χ3v) is 5.69.